The third-order valence-electron chi connectivity index (χ3n) is 4.31. The molecule has 0 saturated carbocycles. The molecule has 2 heterocycles. The number of hydrogen-bond acceptors (Lipinski definition) is 3. The number of carbonyl (C=O) groups is 1. The first-order valence-corrected chi connectivity index (χ1v) is 8.76. The summed E-state index contributed by atoms with van der Waals surface area (Å²) in [5.74, 6) is -1.24. The molecule has 6 nitrogen and oxygen atoms in total. The zero-order valence-electron chi connectivity index (χ0n) is 15.6. The number of carbonyl (C=O) groups excluding carboxylic acids is 1. The minimum atomic E-state index is -4.78. The van der Waals surface area contributed by atoms with E-state index in [0.29, 0.717) is 22.6 Å². The van der Waals surface area contributed by atoms with Crippen molar-refractivity contribution in [3.8, 4) is 0 Å². The topological polar surface area (TPSA) is 64.7 Å². The molecule has 0 unspecified atom stereocenters. The fraction of sp³-hybridized carbons (Fsp3) is 0.278. The van der Waals surface area contributed by atoms with Gasteiger partial charge in [0.15, 0.2) is 5.69 Å². The highest BCUT2D eigenvalue weighted by Crippen LogP contribution is 2.35. The number of aryl methyl sites for hydroxylation is 2. The van der Waals surface area contributed by atoms with Crippen molar-refractivity contribution in [2.75, 3.05) is 5.32 Å². The Kier molecular flexibility index (Phi) is 5.40. The molecule has 1 aromatic carbocycles. The van der Waals surface area contributed by atoms with Crippen LogP contribution < -0.4 is 5.32 Å². The molecule has 11 heteroatoms. The first kappa shape index (κ1) is 20.8. The van der Waals surface area contributed by atoms with E-state index in [1.807, 2.05) is 0 Å². The minimum Gasteiger partial charge on any atom is -0.317 e. The monoisotopic (exact) mass is 429 g/mol. The Hall–Kier alpha value is -2.88. The normalized spacial score (nSPS) is 11.7. The zero-order valence-corrected chi connectivity index (χ0v) is 16.4. The summed E-state index contributed by atoms with van der Waals surface area (Å²) < 4.78 is 54.6. The standard InChI is InChI=1S/C18H16ClF4N5O/c1-9-14(10(2)28(25-9)8-11-5-4-6-12(20)7-11)24-17(29)15-13(19)16(18(21,22)23)26-27(15)3/h4-7H,8H2,1-3H3,(H,24,29). The van der Waals surface area contributed by atoms with Gasteiger partial charge in [0.25, 0.3) is 5.91 Å². The smallest absolute Gasteiger partial charge is 0.317 e. The molecule has 0 bridgehead atoms. The molecular formula is C18H16ClF4N5O. The van der Waals surface area contributed by atoms with Crippen LogP contribution in [0.3, 0.4) is 0 Å². The summed E-state index contributed by atoms with van der Waals surface area (Å²) in [5.41, 5.74) is 0.240. The van der Waals surface area contributed by atoms with Crippen molar-refractivity contribution in [3.63, 3.8) is 0 Å². The van der Waals surface area contributed by atoms with Crippen molar-refractivity contribution in [1.29, 1.82) is 0 Å². The third kappa shape index (κ3) is 4.12. The van der Waals surface area contributed by atoms with Crippen LogP contribution in [0.5, 0.6) is 0 Å². The van der Waals surface area contributed by atoms with E-state index in [-0.39, 0.29) is 12.4 Å². The molecule has 1 N–H and O–H groups in total. The highest BCUT2D eigenvalue weighted by Gasteiger charge is 2.39. The second-order valence-corrected chi connectivity index (χ2v) is 6.80. The molecule has 1 amide bonds. The van der Waals surface area contributed by atoms with Gasteiger partial charge in [0.1, 0.15) is 16.5 Å². The Labute approximate surface area is 168 Å². The number of alkyl halides is 3. The lowest BCUT2D eigenvalue weighted by Gasteiger charge is -2.08. The van der Waals surface area contributed by atoms with Gasteiger partial charge in [-0.3, -0.25) is 14.2 Å². The van der Waals surface area contributed by atoms with Crippen molar-refractivity contribution in [2.24, 2.45) is 7.05 Å². The summed E-state index contributed by atoms with van der Waals surface area (Å²) in [7, 11) is 1.20. The van der Waals surface area contributed by atoms with Crippen LogP contribution in [-0.4, -0.2) is 25.5 Å². The lowest BCUT2D eigenvalue weighted by molar-refractivity contribution is -0.141. The molecule has 0 radical (unpaired) electrons. The molecule has 3 rings (SSSR count). The van der Waals surface area contributed by atoms with Crippen LogP contribution in [0, 0.1) is 19.7 Å². The van der Waals surface area contributed by atoms with E-state index >= 15 is 0 Å². The summed E-state index contributed by atoms with van der Waals surface area (Å²) in [6.45, 7) is 3.57. The lowest BCUT2D eigenvalue weighted by Crippen LogP contribution is -2.17. The second-order valence-electron chi connectivity index (χ2n) is 6.42. The van der Waals surface area contributed by atoms with E-state index in [1.165, 1.54) is 19.2 Å². The lowest BCUT2D eigenvalue weighted by atomic mass is 10.2. The summed E-state index contributed by atoms with van der Waals surface area (Å²) in [5, 5.41) is 9.39. The van der Waals surface area contributed by atoms with Crippen LogP contribution in [0.2, 0.25) is 5.02 Å². The van der Waals surface area contributed by atoms with Gasteiger partial charge in [0.05, 0.1) is 23.6 Å². The number of aromatic nitrogens is 4. The van der Waals surface area contributed by atoms with Crippen molar-refractivity contribution in [1.82, 2.24) is 19.6 Å². The van der Waals surface area contributed by atoms with Crippen molar-refractivity contribution in [3.05, 3.63) is 63.4 Å². The van der Waals surface area contributed by atoms with Gasteiger partial charge in [-0.05, 0) is 31.5 Å². The van der Waals surface area contributed by atoms with Crippen molar-refractivity contribution >= 4 is 23.2 Å². The molecule has 3 aromatic rings. The van der Waals surface area contributed by atoms with Gasteiger partial charge < -0.3 is 5.32 Å². The molecular weight excluding hydrogens is 414 g/mol. The molecule has 0 saturated heterocycles. The molecule has 0 spiro atoms. The number of rotatable bonds is 4. The number of halogens is 5. The van der Waals surface area contributed by atoms with Gasteiger partial charge in [-0.15, -0.1) is 0 Å². The minimum absolute atomic E-state index is 0.255. The molecule has 0 atom stereocenters. The third-order valence-corrected chi connectivity index (χ3v) is 4.67. The van der Waals surface area contributed by atoms with Crippen LogP contribution in [0.4, 0.5) is 23.2 Å². The van der Waals surface area contributed by atoms with E-state index < -0.39 is 28.5 Å². The fourth-order valence-electron chi connectivity index (χ4n) is 2.94. The maximum atomic E-state index is 13.4. The molecule has 0 aliphatic carbocycles. The van der Waals surface area contributed by atoms with Crippen molar-refractivity contribution < 1.29 is 22.4 Å². The van der Waals surface area contributed by atoms with E-state index in [1.54, 1.807) is 30.7 Å². The van der Waals surface area contributed by atoms with Crippen molar-refractivity contribution in [2.45, 2.75) is 26.6 Å². The molecule has 154 valence electrons. The van der Waals surface area contributed by atoms with Gasteiger partial charge in [0, 0.05) is 7.05 Å². The Morgan fingerprint density at radius 3 is 2.52 bits per heavy atom. The first-order chi connectivity index (χ1) is 13.5. The van der Waals surface area contributed by atoms with E-state index in [4.69, 9.17) is 11.6 Å². The van der Waals surface area contributed by atoms with Crippen LogP contribution >= 0.6 is 11.6 Å². The van der Waals surface area contributed by atoms with E-state index in [9.17, 15) is 22.4 Å². The van der Waals surface area contributed by atoms with Gasteiger partial charge in [-0.25, -0.2) is 4.39 Å². The molecule has 0 fully saturated rings. The van der Waals surface area contributed by atoms with Gasteiger partial charge in [-0.2, -0.15) is 23.4 Å². The molecule has 29 heavy (non-hydrogen) atoms. The predicted molar refractivity (Wildman–Crippen MR) is 98.4 cm³/mol. The van der Waals surface area contributed by atoms with E-state index in [2.05, 4.69) is 15.5 Å². The number of nitrogens with zero attached hydrogens (tertiary/aromatic N) is 4. The summed E-state index contributed by atoms with van der Waals surface area (Å²) in [6, 6.07) is 5.99. The largest absolute Gasteiger partial charge is 0.436 e. The average Bonchev–Trinajstić information content (AvgIpc) is 3.05. The average molecular weight is 430 g/mol. The highest BCUT2D eigenvalue weighted by atomic mass is 35.5. The Bertz CT molecular complexity index is 1090. The molecule has 2 aromatic heterocycles. The number of hydrogen-bond donors (Lipinski definition) is 1. The van der Waals surface area contributed by atoms with Gasteiger partial charge >= 0.3 is 6.18 Å². The van der Waals surface area contributed by atoms with Crippen LogP contribution in [0.25, 0.3) is 0 Å². The SMILES string of the molecule is Cc1nn(Cc2cccc(F)c2)c(C)c1NC(=O)c1c(Cl)c(C(F)(F)F)nn1C. The second kappa shape index (κ2) is 7.51. The Balaban J connectivity index is 1.89. The van der Waals surface area contributed by atoms with Crippen LogP contribution in [-0.2, 0) is 19.8 Å². The maximum Gasteiger partial charge on any atom is 0.436 e. The Morgan fingerprint density at radius 1 is 1.24 bits per heavy atom. The molecule has 0 aliphatic rings. The number of amides is 1. The number of nitrogens with one attached hydrogen (secondary N) is 1. The zero-order chi connectivity index (χ0) is 21.5. The quantitative estimate of drug-likeness (QED) is 0.627. The van der Waals surface area contributed by atoms with Gasteiger partial charge in [0.2, 0.25) is 0 Å². The van der Waals surface area contributed by atoms with Crippen LogP contribution in [0.1, 0.15) is 33.1 Å². The number of anilines is 1. The Morgan fingerprint density at radius 2 is 1.93 bits per heavy atom. The van der Waals surface area contributed by atoms with Crippen LogP contribution in [0.15, 0.2) is 24.3 Å². The number of benzene rings is 1. The molecule has 0 aliphatic heterocycles. The first-order valence-electron chi connectivity index (χ1n) is 8.38. The van der Waals surface area contributed by atoms with Gasteiger partial charge in [-0.1, -0.05) is 23.7 Å². The highest BCUT2D eigenvalue weighted by molar-refractivity contribution is 6.34. The fourth-order valence-corrected chi connectivity index (χ4v) is 3.29. The van der Waals surface area contributed by atoms with E-state index in [0.717, 1.165) is 4.68 Å². The maximum absolute atomic E-state index is 13.4. The predicted octanol–water partition coefficient (Wildman–Crippen LogP) is 4.35. The summed E-state index contributed by atoms with van der Waals surface area (Å²) in [4.78, 5) is 12.6. The summed E-state index contributed by atoms with van der Waals surface area (Å²) in [6.07, 6.45) is -4.78. The summed E-state index contributed by atoms with van der Waals surface area (Å²) >= 11 is 5.76.